The summed E-state index contributed by atoms with van der Waals surface area (Å²) in [5.74, 6) is 1.59. The molecule has 0 radical (unpaired) electrons. The lowest BCUT2D eigenvalue weighted by Gasteiger charge is -2.10. The van der Waals surface area contributed by atoms with Gasteiger partial charge in [0.2, 0.25) is 5.95 Å². The zero-order chi connectivity index (χ0) is 13.2. The zero-order valence-corrected chi connectivity index (χ0v) is 11.6. The first-order valence-corrected chi connectivity index (χ1v) is 7.09. The second-order valence-corrected chi connectivity index (χ2v) is 5.64. The molecule has 0 aliphatic heterocycles. The molecule has 0 unspecified atom stereocenters. The lowest BCUT2D eigenvalue weighted by Crippen LogP contribution is -2.06. The normalized spacial score (nSPS) is 14.9. The Morgan fingerprint density at radius 3 is 2.63 bits per heavy atom. The molecule has 3 nitrogen and oxygen atoms in total. The van der Waals surface area contributed by atoms with Gasteiger partial charge in [-0.15, -0.1) is 0 Å². The number of nitrogens with one attached hydrogen (secondary N) is 1. The molecule has 1 heterocycles. The van der Waals surface area contributed by atoms with E-state index in [2.05, 4.69) is 59.2 Å². The number of benzene rings is 1. The van der Waals surface area contributed by atoms with Crippen molar-refractivity contribution >= 4 is 5.95 Å². The summed E-state index contributed by atoms with van der Waals surface area (Å²) in [5.41, 5.74) is 2.69. The minimum Gasteiger partial charge on any atom is -0.352 e. The van der Waals surface area contributed by atoms with Gasteiger partial charge in [-0.3, -0.25) is 0 Å². The van der Waals surface area contributed by atoms with Crippen molar-refractivity contribution in [1.29, 1.82) is 0 Å². The van der Waals surface area contributed by atoms with Crippen LogP contribution in [0.15, 0.2) is 36.7 Å². The number of imidazole rings is 1. The largest absolute Gasteiger partial charge is 0.352 e. The van der Waals surface area contributed by atoms with E-state index < -0.39 is 0 Å². The fourth-order valence-corrected chi connectivity index (χ4v) is 2.30. The molecule has 1 aliphatic rings. The first-order chi connectivity index (χ1) is 9.24. The van der Waals surface area contributed by atoms with Crippen LogP contribution in [0.1, 0.15) is 49.8 Å². The average molecular weight is 255 g/mol. The van der Waals surface area contributed by atoms with Gasteiger partial charge in [0.25, 0.3) is 0 Å². The molecule has 3 rings (SSSR count). The summed E-state index contributed by atoms with van der Waals surface area (Å²) in [6, 6.07) is 9.51. The first kappa shape index (κ1) is 12.3. The Balaban J connectivity index is 1.63. The molecule has 0 amide bonds. The molecule has 0 saturated heterocycles. The first-order valence-electron chi connectivity index (χ1n) is 7.09. The lowest BCUT2D eigenvalue weighted by atomic mass is 10.0. The van der Waals surface area contributed by atoms with Crippen molar-refractivity contribution in [3.8, 4) is 0 Å². The van der Waals surface area contributed by atoms with E-state index in [0.29, 0.717) is 12.0 Å². The van der Waals surface area contributed by atoms with E-state index in [9.17, 15) is 0 Å². The third kappa shape index (κ3) is 2.80. The maximum atomic E-state index is 4.39. The topological polar surface area (TPSA) is 29.9 Å². The predicted octanol–water partition coefficient (Wildman–Crippen LogP) is 3.95. The fraction of sp³-hybridized carbons (Fsp3) is 0.438. The van der Waals surface area contributed by atoms with Crippen molar-refractivity contribution in [1.82, 2.24) is 9.55 Å². The Hall–Kier alpha value is -1.77. The molecule has 1 saturated carbocycles. The third-order valence-corrected chi connectivity index (χ3v) is 3.71. The summed E-state index contributed by atoms with van der Waals surface area (Å²) in [5, 5.41) is 3.43. The molecule has 1 N–H and O–H groups in total. The monoisotopic (exact) mass is 255 g/mol. The molecule has 1 aromatic carbocycles. The van der Waals surface area contributed by atoms with Crippen LogP contribution in [0, 0.1) is 0 Å². The molecule has 100 valence electrons. The summed E-state index contributed by atoms with van der Waals surface area (Å²) in [6.07, 6.45) is 6.52. The van der Waals surface area contributed by atoms with Crippen molar-refractivity contribution in [2.75, 3.05) is 5.32 Å². The van der Waals surface area contributed by atoms with Crippen LogP contribution in [0.4, 0.5) is 5.95 Å². The maximum Gasteiger partial charge on any atom is 0.203 e. The minimum atomic E-state index is 0.593. The summed E-state index contributed by atoms with van der Waals surface area (Å²) < 4.78 is 2.25. The Labute approximate surface area is 114 Å². The minimum absolute atomic E-state index is 0.593. The molecule has 19 heavy (non-hydrogen) atoms. The van der Waals surface area contributed by atoms with E-state index in [1.54, 1.807) is 0 Å². The highest BCUT2D eigenvalue weighted by Gasteiger charge is 2.25. The van der Waals surface area contributed by atoms with Crippen LogP contribution in [0.2, 0.25) is 0 Å². The quantitative estimate of drug-likeness (QED) is 0.876. The smallest absolute Gasteiger partial charge is 0.203 e. The van der Waals surface area contributed by atoms with Gasteiger partial charge < -0.3 is 9.88 Å². The van der Waals surface area contributed by atoms with Crippen LogP contribution in [0.3, 0.4) is 0 Å². The number of rotatable bonds is 5. The molecule has 1 aromatic heterocycles. The molecular weight excluding hydrogens is 234 g/mol. The van der Waals surface area contributed by atoms with Gasteiger partial charge in [0, 0.05) is 25.0 Å². The number of hydrogen-bond donors (Lipinski definition) is 1. The molecule has 0 atom stereocenters. The lowest BCUT2D eigenvalue weighted by molar-refractivity contribution is 0.743. The summed E-state index contributed by atoms with van der Waals surface area (Å²) >= 11 is 0. The standard InChI is InChI=1S/C16H21N3/c1-12(2)14-5-3-13(4-6-14)11-18-16-17-9-10-19(16)15-7-8-15/h3-6,9-10,12,15H,7-8,11H2,1-2H3,(H,17,18). The van der Waals surface area contributed by atoms with Crippen molar-refractivity contribution < 1.29 is 0 Å². The summed E-state index contributed by atoms with van der Waals surface area (Å²) in [4.78, 5) is 4.39. The van der Waals surface area contributed by atoms with Gasteiger partial charge >= 0.3 is 0 Å². The molecule has 1 fully saturated rings. The molecule has 1 aliphatic carbocycles. The highest BCUT2D eigenvalue weighted by atomic mass is 15.2. The van der Waals surface area contributed by atoms with Gasteiger partial charge in [-0.2, -0.15) is 0 Å². The second-order valence-electron chi connectivity index (χ2n) is 5.64. The maximum absolute atomic E-state index is 4.39. The van der Waals surface area contributed by atoms with Gasteiger partial charge in [0.15, 0.2) is 0 Å². The molecular formula is C16H21N3. The Kier molecular flexibility index (Phi) is 3.28. The zero-order valence-electron chi connectivity index (χ0n) is 11.6. The van der Waals surface area contributed by atoms with Crippen LogP contribution < -0.4 is 5.32 Å². The van der Waals surface area contributed by atoms with Crippen molar-refractivity contribution in [3.63, 3.8) is 0 Å². The van der Waals surface area contributed by atoms with Crippen molar-refractivity contribution in [2.45, 2.75) is 45.2 Å². The molecule has 0 bridgehead atoms. The Bertz CT molecular complexity index is 535. The van der Waals surface area contributed by atoms with Crippen molar-refractivity contribution in [3.05, 3.63) is 47.8 Å². The predicted molar refractivity (Wildman–Crippen MR) is 78.4 cm³/mol. The second kappa shape index (κ2) is 5.08. The van der Waals surface area contributed by atoms with E-state index in [1.807, 2.05) is 6.20 Å². The third-order valence-electron chi connectivity index (χ3n) is 3.71. The molecule has 0 spiro atoms. The highest BCUT2D eigenvalue weighted by molar-refractivity contribution is 5.32. The summed E-state index contributed by atoms with van der Waals surface area (Å²) in [7, 11) is 0. The van der Waals surface area contributed by atoms with Gasteiger partial charge in [-0.25, -0.2) is 4.98 Å². The van der Waals surface area contributed by atoms with Crippen LogP contribution in [-0.4, -0.2) is 9.55 Å². The molecule has 2 aromatic rings. The molecule has 3 heteroatoms. The van der Waals surface area contributed by atoms with Gasteiger partial charge in [-0.1, -0.05) is 38.1 Å². The summed E-state index contributed by atoms with van der Waals surface area (Å²) in [6.45, 7) is 5.28. The van der Waals surface area contributed by atoms with Crippen LogP contribution >= 0.6 is 0 Å². The average Bonchev–Trinajstić information content (AvgIpc) is 3.16. The fourth-order valence-electron chi connectivity index (χ4n) is 2.30. The van der Waals surface area contributed by atoms with Crippen LogP contribution in [0.5, 0.6) is 0 Å². The van der Waals surface area contributed by atoms with E-state index in [0.717, 1.165) is 12.5 Å². The number of aromatic nitrogens is 2. The Morgan fingerprint density at radius 1 is 1.26 bits per heavy atom. The van der Waals surface area contributed by atoms with Gasteiger partial charge in [-0.05, 0) is 29.9 Å². The number of hydrogen-bond acceptors (Lipinski definition) is 2. The number of nitrogens with zero attached hydrogens (tertiary/aromatic N) is 2. The van der Waals surface area contributed by atoms with Crippen LogP contribution in [-0.2, 0) is 6.54 Å². The van der Waals surface area contributed by atoms with E-state index in [-0.39, 0.29) is 0 Å². The van der Waals surface area contributed by atoms with E-state index in [4.69, 9.17) is 0 Å². The van der Waals surface area contributed by atoms with E-state index >= 15 is 0 Å². The number of anilines is 1. The van der Waals surface area contributed by atoms with E-state index in [1.165, 1.54) is 24.0 Å². The Morgan fingerprint density at radius 2 is 2.00 bits per heavy atom. The highest BCUT2D eigenvalue weighted by Crippen LogP contribution is 2.36. The SMILES string of the molecule is CC(C)c1ccc(CNc2nccn2C2CC2)cc1. The van der Waals surface area contributed by atoms with Gasteiger partial charge in [0.05, 0.1) is 0 Å². The van der Waals surface area contributed by atoms with Crippen molar-refractivity contribution in [2.24, 2.45) is 0 Å². The van der Waals surface area contributed by atoms with Crippen LogP contribution in [0.25, 0.3) is 0 Å². The van der Waals surface area contributed by atoms with Gasteiger partial charge in [0.1, 0.15) is 0 Å².